The zero-order chi connectivity index (χ0) is 15.7. The van der Waals surface area contributed by atoms with Crippen LogP contribution in [0.3, 0.4) is 0 Å². The second kappa shape index (κ2) is 6.20. The molecular weight excluding hydrogens is 300 g/mol. The summed E-state index contributed by atoms with van der Waals surface area (Å²) >= 11 is 1.63. The van der Waals surface area contributed by atoms with Crippen molar-refractivity contribution in [2.45, 2.75) is 12.5 Å². The Kier molecular flexibility index (Phi) is 4.29. The number of fused-ring (bicyclic) bond motifs is 1. The Balaban J connectivity index is 1.73. The molecule has 2 heterocycles. The van der Waals surface area contributed by atoms with Crippen LogP contribution in [0, 0.1) is 5.92 Å². The number of amides is 2. The third kappa shape index (κ3) is 2.79. The van der Waals surface area contributed by atoms with Crippen molar-refractivity contribution >= 4 is 23.6 Å². The largest absolute Gasteiger partial charge is 0.492 e. The van der Waals surface area contributed by atoms with Crippen LogP contribution in [-0.2, 0) is 16.0 Å². The Morgan fingerprint density at radius 2 is 2.09 bits per heavy atom. The normalized spacial score (nSPS) is 23.6. The summed E-state index contributed by atoms with van der Waals surface area (Å²) in [6.07, 6.45) is 0.680. The van der Waals surface area contributed by atoms with E-state index in [9.17, 15) is 9.59 Å². The molecule has 1 aromatic carbocycles. The molecule has 5 nitrogen and oxygen atoms in total. The van der Waals surface area contributed by atoms with Crippen LogP contribution in [0.15, 0.2) is 24.3 Å². The fraction of sp³-hybridized carbons (Fsp3) is 0.500. The lowest BCUT2D eigenvalue weighted by Gasteiger charge is -2.31. The Hall–Kier alpha value is -1.69. The molecule has 0 spiro atoms. The molecule has 2 atom stereocenters. The predicted octanol–water partition coefficient (Wildman–Crippen LogP) is 1.23. The van der Waals surface area contributed by atoms with Gasteiger partial charge in [0.05, 0.1) is 11.8 Å². The highest BCUT2D eigenvalue weighted by Crippen LogP contribution is 2.30. The summed E-state index contributed by atoms with van der Waals surface area (Å²) in [5.74, 6) is 1.94. The van der Waals surface area contributed by atoms with Gasteiger partial charge in [-0.05, 0) is 18.1 Å². The summed E-state index contributed by atoms with van der Waals surface area (Å²) in [6.45, 7) is 0.389. The number of benzene rings is 1. The van der Waals surface area contributed by atoms with E-state index >= 15 is 0 Å². The minimum absolute atomic E-state index is 0.00419. The molecule has 2 unspecified atom stereocenters. The molecule has 118 valence electrons. The summed E-state index contributed by atoms with van der Waals surface area (Å²) < 4.78 is 5.71. The fourth-order valence-corrected chi connectivity index (χ4v) is 4.04. The Morgan fingerprint density at radius 1 is 1.32 bits per heavy atom. The monoisotopic (exact) mass is 320 g/mol. The maximum atomic E-state index is 12.8. The Labute approximate surface area is 134 Å². The first-order valence-corrected chi connectivity index (χ1v) is 8.53. The first-order valence-electron chi connectivity index (χ1n) is 7.38. The van der Waals surface area contributed by atoms with Gasteiger partial charge in [-0.15, -0.1) is 11.8 Å². The van der Waals surface area contributed by atoms with Crippen LogP contribution in [0.5, 0.6) is 5.75 Å². The van der Waals surface area contributed by atoms with Gasteiger partial charge < -0.3 is 14.5 Å². The molecule has 2 amide bonds. The van der Waals surface area contributed by atoms with Gasteiger partial charge in [-0.2, -0.15) is 0 Å². The number of likely N-dealkylation sites (N-methyl/N-ethyl adjacent to an activating group) is 1. The van der Waals surface area contributed by atoms with Crippen LogP contribution in [0.2, 0.25) is 0 Å². The van der Waals surface area contributed by atoms with Gasteiger partial charge >= 0.3 is 0 Å². The molecule has 1 aromatic rings. The maximum Gasteiger partial charge on any atom is 0.245 e. The number of ether oxygens (including phenoxy) is 1. The molecule has 2 aliphatic heterocycles. The first kappa shape index (κ1) is 15.2. The second-order valence-electron chi connectivity index (χ2n) is 5.88. The molecule has 3 rings (SSSR count). The number of thioether (sulfide) groups is 1. The van der Waals surface area contributed by atoms with E-state index in [2.05, 4.69) is 0 Å². The van der Waals surface area contributed by atoms with Crippen LogP contribution in [0.4, 0.5) is 0 Å². The van der Waals surface area contributed by atoms with Gasteiger partial charge in [-0.3, -0.25) is 9.59 Å². The van der Waals surface area contributed by atoms with Crippen LogP contribution in [0.1, 0.15) is 5.56 Å². The predicted molar refractivity (Wildman–Crippen MR) is 85.8 cm³/mol. The van der Waals surface area contributed by atoms with Gasteiger partial charge in [0.2, 0.25) is 11.8 Å². The summed E-state index contributed by atoms with van der Waals surface area (Å²) in [5, 5.41) is 0. The van der Waals surface area contributed by atoms with Crippen LogP contribution >= 0.6 is 11.8 Å². The Bertz CT molecular complexity index is 591. The van der Waals surface area contributed by atoms with Crippen molar-refractivity contribution in [3.8, 4) is 5.75 Å². The maximum absolute atomic E-state index is 12.8. The number of rotatable bonds is 2. The lowest BCUT2D eigenvalue weighted by atomic mass is 9.95. The molecule has 0 saturated carbocycles. The number of hydrogen-bond acceptors (Lipinski definition) is 4. The quantitative estimate of drug-likeness (QED) is 0.822. The van der Waals surface area contributed by atoms with E-state index in [-0.39, 0.29) is 23.8 Å². The zero-order valence-corrected chi connectivity index (χ0v) is 13.6. The lowest BCUT2D eigenvalue weighted by molar-refractivity contribution is -0.145. The van der Waals surface area contributed by atoms with Crippen LogP contribution in [-0.4, -0.2) is 60.0 Å². The summed E-state index contributed by atoms with van der Waals surface area (Å²) in [6, 6.07) is 7.48. The van der Waals surface area contributed by atoms with Gasteiger partial charge in [-0.25, -0.2) is 0 Å². The SMILES string of the molecule is CN(C)C(=O)C1CSCN1C(=O)C1COc2ccccc2C1. The van der Waals surface area contributed by atoms with E-state index in [0.29, 0.717) is 24.7 Å². The lowest BCUT2D eigenvalue weighted by Crippen LogP contribution is -2.50. The molecule has 1 saturated heterocycles. The molecular formula is C16H20N2O3S. The third-order valence-electron chi connectivity index (χ3n) is 4.12. The zero-order valence-electron chi connectivity index (χ0n) is 12.8. The minimum Gasteiger partial charge on any atom is -0.492 e. The molecule has 0 N–H and O–H groups in total. The van der Waals surface area contributed by atoms with Crippen molar-refractivity contribution in [1.82, 2.24) is 9.80 Å². The second-order valence-corrected chi connectivity index (χ2v) is 6.88. The van der Waals surface area contributed by atoms with E-state index in [0.717, 1.165) is 11.3 Å². The van der Waals surface area contributed by atoms with Crippen molar-refractivity contribution < 1.29 is 14.3 Å². The number of hydrogen-bond donors (Lipinski definition) is 0. The van der Waals surface area contributed by atoms with Crippen LogP contribution < -0.4 is 4.74 Å². The highest BCUT2D eigenvalue weighted by molar-refractivity contribution is 7.99. The van der Waals surface area contributed by atoms with Crippen molar-refractivity contribution in [3.63, 3.8) is 0 Å². The standard InChI is InChI=1S/C16H20N2O3S/c1-17(2)16(20)13-9-22-10-18(13)15(19)12-7-11-5-3-4-6-14(11)21-8-12/h3-6,12-13H,7-10H2,1-2H3. The average Bonchev–Trinajstić information content (AvgIpc) is 3.02. The molecule has 22 heavy (non-hydrogen) atoms. The van der Waals surface area contributed by atoms with Crippen molar-refractivity contribution in [2.24, 2.45) is 5.92 Å². The summed E-state index contributed by atoms with van der Waals surface area (Å²) in [5.41, 5.74) is 1.06. The third-order valence-corrected chi connectivity index (χ3v) is 5.13. The molecule has 0 aliphatic carbocycles. The molecule has 0 bridgehead atoms. The van der Waals surface area contributed by atoms with E-state index in [1.807, 2.05) is 24.3 Å². The number of carbonyl (C=O) groups excluding carboxylic acids is 2. The van der Waals surface area contributed by atoms with Gasteiger partial charge in [0.15, 0.2) is 0 Å². The molecule has 0 aromatic heterocycles. The van der Waals surface area contributed by atoms with Crippen molar-refractivity contribution in [3.05, 3.63) is 29.8 Å². The number of carbonyl (C=O) groups is 2. The van der Waals surface area contributed by atoms with Gasteiger partial charge in [0, 0.05) is 19.8 Å². The molecule has 2 aliphatic rings. The Morgan fingerprint density at radius 3 is 2.86 bits per heavy atom. The minimum atomic E-state index is -0.343. The molecule has 0 radical (unpaired) electrons. The van der Waals surface area contributed by atoms with Gasteiger partial charge in [0.25, 0.3) is 0 Å². The highest BCUT2D eigenvalue weighted by Gasteiger charge is 2.39. The number of para-hydroxylation sites is 1. The van der Waals surface area contributed by atoms with Gasteiger partial charge in [0.1, 0.15) is 18.4 Å². The smallest absolute Gasteiger partial charge is 0.245 e. The topological polar surface area (TPSA) is 49.9 Å². The van der Waals surface area contributed by atoms with E-state index < -0.39 is 0 Å². The summed E-state index contributed by atoms with van der Waals surface area (Å²) in [7, 11) is 3.46. The van der Waals surface area contributed by atoms with E-state index in [4.69, 9.17) is 4.74 Å². The molecule has 1 fully saturated rings. The fourth-order valence-electron chi connectivity index (χ4n) is 2.88. The van der Waals surface area contributed by atoms with Crippen molar-refractivity contribution in [2.75, 3.05) is 32.3 Å². The highest BCUT2D eigenvalue weighted by atomic mass is 32.2. The average molecular weight is 320 g/mol. The summed E-state index contributed by atoms with van der Waals surface area (Å²) in [4.78, 5) is 28.3. The van der Waals surface area contributed by atoms with Crippen molar-refractivity contribution in [1.29, 1.82) is 0 Å². The van der Waals surface area contributed by atoms with Crippen LogP contribution in [0.25, 0.3) is 0 Å². The van der Waals surface area contributed by atoms with E-state index in [1.165, 1.54) is 0 Å². The molecule has 6 heteroatoms. The van der Waals surface area contributed by atoms with E-state index in [1.54, 1.807) is 35.7 Å². The van der Waals surface area contributed by atoms with Gasteiger partial charge in [-0.1, -0.05) is 18.2 Å². The number of nitrogens with zero attached hydrogens (tertiary/aromatic N) is 2. The first-order chi connectivity index (χ1) is 10.6.